The number of hydrazine groups is 1. The highest BCUT2D eigenvalue weighted by Crippen LogP contribution is 2.25. The first-order valence-electron chi connectivity index (χ1n) is 8.35. The van der Waals surface area contributed by atoms with Gasteiger partial charge in [0.2, 0.25) is 5.91 Å². The summed E-state index contributed by atoms with van der Waals surface area (Å²) in [6, 6.07) is 6.53. The molecule has 2 heterocycles. The molecular formula is C17H23FN6O. The van der Waals surface area contributed by atoms with Crippen molar-refractivity contribution in [3.8, 4) is 0 Å². The van der Waals surface area contributed by atoms with E-state index >= 15 is 0 Å². The number of aryl methyl sites for hydroxylation is 2. The molecule has 0 saturated carbocycles. The number of amides is 1. The molecule has 7 nitrogen and oxygen atoms in total. The van der Waals surface area contributed by atoms with Crippen molar-refractivity contribution in [2.75, 3.05) is 20.1 Å². The summed E-state index contributed by atoms with van der Waals surface area (Å²) in [6.07, 6.45) is 2.60. The van der Waals surface area contributed by atoms with Gasteiger partial charge in [0.25, 0.3) is 0 Å². The fourth-order valence-corrected chi connectivity index (χ4v) is 3.13. The first-order valence-corrected chi connectivity index (χ1v) is 8.35. The van der Waals surface area contributed by atoms with Gasteiger partial charge in [-0.1, -0.05) is 12.1 Å². The van der Waals surface area contributed by atoms with Crippen LogP contribution in [0.15, 0.2) is 30.6 Å². The van der Waals surface area contributed by atoms with E-state index in [1.54, 1.807) is 23.4 Å². The fourth-order valence-electron chi connectivity index (χ4n) is 3.13. The van der Waals surface area contributed by atoms with Crippen molar-refractivity contribution in [1.29, 1.82) is 0 Å². The highest BCUT2D eigenvalue weighted by atomic mass is 19.1. The van der Waals surface area contributed by atoms with Gasteiger partial charge in [-0.15, -0.1) is 10.2 Å². The van der Waals surface area contributed by atoms with E-state index in [9.17, 15) is 9.18 Å². The molecule has 0 aliphatic carbocycles. The van der Waals surface area contributed by atoms with Crippen molar-refractivity contribution >= 4 is 5.91 Å². The molecule has 0 radical (unpaired) electrons. The Labute approximate surface area is 146 Å². The van der Waals surface area contributed by atoms with Gasteiger partial charge in [0, 0.05) is 45.9 Å². The molecule has 1 aromatic heterocycles. The van der Waals surface area contributed by atoms with Crippen LogP contribution in [0.2, 0.25) is 0 Å². The van der Waals surface area contributed by atoms with Gasteiger partial charge in [-0.2, -0.15) is 0 Å². The lowest BCUT2D eigenvalue weighted by Gasteiger charge is -2.25. The first kappa shape index (κ1) is 17.5. The van der Waals surface area contributed by atoms with E-state index in [2.05, 4.69) is 21.0 Å². The van der Waals surface area contributed by atoms with Crippen LogP contribution in [0.4, 0.5) is 4.39 Å². The van der Waals surface area contributed by atoms with Crippen LogP contribution >= 0.6 is 0 Å². The molecule has 8 heteroatoms. The zero-order valence-corrected chi connectivity index (χ0v) is 14.4. The van der Waals surface area contributed by atoms with Gasteiger partial charge in [0.1, 0.15) is 18.0 Å². The fraction of sp³-hybridized carbons (Fsp3) is 0.471. The Bertz CT molecular complexity index is 716. The molecule has 1 saturated heterocycles. The van der Waals surface area contributed by atoms with Crippen LogP contribution in [-0.4, -0.2) is 45.7 Å². The number of carbonyl (C=O) groups is 1. The molecule has 2 aromatic rings. The number of nitrogens with zero attached hydrogens (tertiary/aromatic N) is 4. The minimum absolute atomic E-state index is 0.0505. The summed E-state index contributed by atoms with van der Waals surface area (Å²) in [6.45, 7) is 1.38. The summed E-state index contributed by atoms with van der Waals surface area (Å²) in [7, 11) is 3.69. The van der Waals surface area contributed by atoms with Gasteiger partial charge in [0.05, 0.1) is 6.04 Å². The quantitative estimate of drug-likeness (QED) is 0.810. The summed E-state index contributed by atoms with van der Waals surface area (Å²) in [4.78, 5) is 14.2. The Morgan fingerprint density at radius 1 is 1.40 bits per heavy atom. The second kappa shape index (κ2) is 7.71. The Hall–Kier alpha value is -2.32. The number of benzene rings is 1. The summed E-state index contributed by atoms with van der Waals surface area (Å²) in [5.74, 6) is 0.847. The van der Waals surface area contributed by atoms with E-state index < -0.39 is 0 Å². The first-order chi connectivity index (χ1) is 12.0. The molecule has 1 amide bonds. The average Bonchev–Trinajstić information content (AvgIpc) is 3.22. The van der Waals surface area contributed by atoms with E-state index in [1.165, 1.54) is 12.1 Å². The zero-order valence-electron chi connectivity index (χ0n) is 14.4. The molecule has 0 bridgehead atoms. The summed E-state index contributed by atoms with van der Waals surface area (Å²) in [5.41, 5.74) is 7.37. The van der Waals surface area contributed by atoms with Crippen molar-refractivity contribution in [1.82, 2.24) is 30.5 Å². The number of rotatable bonds is 6. The highest BCUT2D eigenvalue weighted by molar-refractivity contribution is 5.76. The average molecular weight is 346 g/mol. The molecule has 2 N–H and O–H groups in total. The third-order valence-corrected chi connectivity index (χ3v) is 4.62. The molecule has 1 fully saturated rings. The maximum Gasteiger partial charge on any atom is 0.222 e. The van der Waals surface area contributed by atoms with E-state index in [-0.39, 0.29) is 23.7 Å². The van der Waals surface area contributed by atoms with Gasteiger partial charge < -0.3 is 9.47 Å². The Morgan fingerprint density at radius 2 is 2.16 bits per heavy atom. The topological polar surface area (TPSA) is 75.1 Å². The smallest absolute Gasteiger partial charge is 0.222 e. The number of halogens is 1. The highest BCUT2D eigenvalue weighted by Gasteiger charge is 2.30. The zero-order chi connectivity index (χ0) is 17.8. The minimum Gasteiger partial charge on any atom is -0.345 e. The molecule has 134 valence electrons. The molecule has 2 unspecified atom stereocenters. The van der Waals surface area contributed by atoms with Crippen molar-refractivity contribution in [2.45, 2.75) is 18.9 Å². The number of hydrogen-bond donors (Lipinski definition) is 2. The molecule has 2 atom stereocenters. The second-order valence-corrected chi connectivity index (χ2v) is 6.45. The van der Waals surface area contributed by atoms with Crippen LogP contribution < -0.4 is 10.9 Å². The van der Waals surface area contributed by atoms with E-state index in [4.69, 9.17) is 0 Å². The normalized spacial score (nSPS) is 20.0. The lowest BCUT2D eigenvalue weighted by molar-refractivity contribution is -0.130. The van der Waals surface area contributed by atoms with Crippen LogP contribution in [-0.2, 0) is 18.3 Å². The molecule has 1 aromatic carbocycles. The largest absolute Gasteiger partial charge is 0.345 e. The summed E-state index contributed by atoms with van der Waals surface area (Å²) < 4.78 is 14.9. The lowest BCUT2D eigenvalue weighted by atomic mass is 9.94. The van der Waals surface area contributed by atoms with Crippen molar-refractivity contribution in [2.24, 2.45) is 13.0 Å². The van der Waals surface area contributed by atoms with Crippen LogP contribution in [0.5, 0.6) is 0 Å². The van der Waals surface area contributed by atoms with E-state index in [1.807, 2.05) is 18.7 Å². The molecule has 0 spiro atoms. The lowest BCUT2D eigenvalue weighted by Crippen LogP contribution is -2.35. The monoisotopic (exact) mass is 346 g/mol. The van der Waals surface area contributed by atoms with Gasteiger partial charge in [0.15, 0.2) is 0 Å². The van der Waals surface area contributed by atoms with E-state index in [0.717, 1.165) is 17.9 Å². The maximum atomic E-state index is 13.1. The molecule has 1 aliphatic rings. The van der Waals surface area contributed by atoms with Gasteiger partial charge >= 0.3 is 0 Å². The van der Waals surface area contributed by atoms with Crippen LogP contribution in [0.25, 0.3) is 0 Å². The Balaban J connectivity index is 1.55. The van der Waals surface area contributed by atoms with Gasteiger partial charge in [-0.05, 0) is 17.7 Å². The van der Waals surface area contributed by atoms with Crippen molar-refractivity contribution < 1.29 is 9.18 Å². The number of carbonyl (C=O) groups excluding carboxylic acids is 1. The predicted molar refractivity (Wildman–Crippen MR) is 90.7 cm³/mol. The second-order valence-electron chi connectivity index (χ2n) is 6.45. The third-order valence-electron chi connectivity index (χ3n) is 4.62. The standard InChI is InChI=1S/C17H23FN6O/c1-23(16(25)8-7-15-21-20-11-24(15)2)10-13-9-19-22-17(13)12-3-5-14(18)6-4-12/h3-6,11,13,17,19,22H,7-10H2,1-2H3. The van der Waals surface area contributed by atoms with Crippen LogP contribution in [0.1, 0.15) is 23.9 Å². The molecular weight excluding hydrogens is 323 g/mol. The number of hydrogen-bond acceptors (Lipinski definition) is 5. The Kier molecular flexibility index (Phi) is 5.40. The van der Waals surface area contributed by atoms with Gasteiger partial charge in [-0.3, -0.25) is 10.2 Å². The minimum atomic E-state index is -0.248. The van der Waals surface area contributed by atoms with Crippen molar-refractivity contribution in [3.05, 3.63) is 47.8 Å². The Morgan fingerprint density at radius 3 is 2.84 bits per heavy atom. The summed E-state index contributed by atoms with van der Waals surface area (Å²) >= 11 is 0. The molecule has 1 aliphatic heterocycles. The number of nitrogens with one attached hydrogen (secondary N) is 2. The third kappa shape index (κ3) is 4.21. The maximum absolute atomic E-state index is 13.1. The van der Waals surface area contributed by atoms with Crippen LogP contribution in [0.3, 0.4) is 0 Å². The van der Waals surface area contributed by atoms with Crippen LogP contribution in [0, 0.1) is 11.7 Å². The summed E-state index contributed by atoms with van der Waals surface area (Å²) in [5, 5.41) is 7.82. The van der Waals surface area contributed by atoms with E-state index in [0.29, 0.717) is 19.4 Å². The molecule has 25 heavy (non-hydrogen) atoms. The number of aromatic nitrogens is 3. The molecule has 3 rings (SSSR count). The van der Waals surface area contributed by atoms with Crippen molar-refractivity contribution in [3.63, 3.8) is 0 Å². The van der Waals surface area contributed by atoms with Gasteiger partial charge in [-0.25, -0.2) is 9.82 Å². The predicted octanol–water partition coefficient (Wildman–Crippen LogP) is 0.810. The SMILES string of the molecule is CN(CC1CNNC1c1ccc(F)cc1)C(=O)CCc1nncn1C.